The largest absolute Gasteiger partial charge is 0.507 e. The lowest BCUT2D eigenvalue weighted by molar-refractivity contribution is -0.113. The third-order valence-corrected chi connectivity index (χ3v) is 5.49. The molecule has 3 rings (SSSR count). The van der Waals surface area contributed by atoms with Crippen molar-refractivity contribution < 1.29 is 15.0 Å². The van der Waals surface area contributed by atoms with Crippen LogP contribution >= 0.6 is 27.7 Å². The average Bonchev–Trinajstić information content (AvgIpc) is 2.92. The van der Waals surface area contributed by atoms with Gasteiger partial charge in [0.15, 0.2) is 5.17 Å². The number of amidine groups is 1. The Morgan fingerprint density at radius 1 is 1.29 bits per heavy atom. The van der Waals surface area contributed by atoms with Crippen LogP contribution in [0.1, 0.15) is 5.56 Å². The number of carbonyl (C=O) groups excluding carboxylic acids is 1. The monoisotopic (exact) mass is 411 g/mol. The molecule has 1 aromatic rings. The number of carbonyl (C=O) groups is 1. The van der Waals surface area contributed by atoms with Crippen molar-refractivity contribution in [1.82, 2.24) is 9.80 Å². The number of aliphatic imine (C=N–C) groups is 1. The summed E-state index contributed by atoms with van der Waals surface area (Å²) in [5, 5.41) is 19.7. The quantitative estimate of drug-likeness (QED) is 0.737. The van der Waals surface area contributed by atoms with E-state index in [1.807, 2.05) is 6.07 Å². The fourth-order valence-electron chi connectivity index (χ4n) is 2.62. The van der Waals surface area contributed by atoms with Crippen molar-refractivity contribution in [2.75, 3.05) is 39.3 Å². The van der Waals surface area contributed by atoms with Gasteiger partial charge in [0, 0.05) is 42.8 Å². The molecule has 1 aromatic carbocycles. The molecule has 8 heteroatoms. The van der Waals surface area contributed by atoms with Gasteiger partial charge in [0.25, 0.3) is 5.91 Å². The van der Waals surface area contributed by atoms with E-state index in [0.717, 1.165) is 30.7 Å². The van der Waals surface area contributed by atoms with Gasteiger partial charge in [-0.05, 0) is 30.0 Å². The Bertz CT molecular complexity index is 700. The highest BCUT2D eigenvalue weighted by atomic mass is 79.9. The molecule has 2 N–H and O–H groups in total. The molecular formula is C16H18BrN3O3S. The summed E-state index contributed by atoms with van der Waals surface area (Å²) in [6, 6.07) is 5.17. The number of aromatic hydroxyl groups is 1. The predicted molar refractivity (Wildman–Crippen MR) is 98.9 cm³/mol. The molecule has 2 heterocycles. The summed E-state index contributed by atoms with van der Waals surface area (Å²) in [5.41, 5.74) is 0.596. The van der Waals surface area contributed by atoms with Gasteiger partial charge in [-0.15, -0.1) is 0 Å². The van der Waals surface area contributed by atoms with Crippen molar-refractivity contribution in [2.45, 2.75) is 0 Å². The lowest BCUT2D eigenvalue weighted by Crippen LogP contribution is -2.48. The van der Waals surface area contributed by atoms with Crippen molar-refractivity contribution >= 4 is 44.8 Å². The Hall–Kier alpha value is -1.35. The molecule has 1 amide bonds. The van der Waals surface area contributed by atoms with Crippen molar-refractivity contribution in [1.29, 1.82) is 0 Å². The number of rotatable bonds is 3. The zero-order chi connectivity index (χ0) is 17.1. The van der Waals surface area contributed by atoms with Gasteiger partial charge in [0.05, 0.1) is 11.5 Å². The minimum absolute atomic E-state index is 0.122. The van der Waals surface area contributed by atoms with Gasteiger partial charge in [-0.2, -0.15) is 4.99 Å². The van der Waals surface area contributed by atoms with E-state index in [1.54, 1.807) is 18.2 Å². The van der Waals surface area contributed by atoms with Gasteiger partial charge < -0.3 is 15.1 Å². The molecule has 1 fully saturated rings. The van der Waals surface area contributed by atoms with Gasteiger partial charge in [-0.3, -0.25) is 9.69 Å². The lowest BCUT2D eigenvalue weighted by atomic mass is 10.2. The number of aliphatic hydroxyl groups is 1. The maximum atomic E-state index is 12.1. The van der Waals surface area contributed by atoms with Crippen molar-refractivity contribution in [2.24, 2.45) is 4.99 Å². The van der Waals surface area contributed by atoms with Gasteiger partial charge in [-0.1, -0.05) is 22.0 Å². The highest BCUT2D eigenvalue weighted by Gasteiger charge is 2.28. The van der Waals surface area contributed by atoms with Crippen LogP contribution in [0.25, 0.3) is 6.08 Å². The molecule has 0 aromatic heterocycles. The summed E-state index contributed by atoms with van der Waals surface area (Å²) >= 11 is 4.64. The summed E-state index contributed by atoms with van der Waals surface area (Å²) in [6.45, 7) is 4.12. The summed E-state index contributed by atoms with van der Waals surface area (Å²) in [6.07, 6.45) is 1.67. The molecule has 0 saturated carbocycles. The van der Waals surface area contributed by atoms with Crippen LogP contribution in [0.15, 0.2) is 32.6 Å². The van der Waals surface area contributed by atoms with E-state index >= 15 is 0 Å². The molecule has 2 aliphatic rings. The maximum absolute atomic E-state index is 12.1. The van der Waals surface area contributed by atoms with E-state index in [4.69, 9.17) is 5.11 Å². The molecular weight excluding hydrogens is 394 g/mol. The Morgan fingerprint density at radius 2 is 2.04 bits per heavy atom. The number of aliphatic hydroxyl groups excluding tert-OH is 1. The second kappa shape index (κ2) is 7.69. The first-order valence-corrected chi connectivity index (χ1v) is 9.27. The van der Waals surface area contributed by atoms with E-state index in [2.05, 4.69) is 30.7 Å². The van der Waals surface area contributed by atoms with E-state index in [-0.39, 0.29) is 18.3 Å². The lowest BCUT2D eigenvalue weighted by Gasteiger charge is -2.34. The molecule has 0 atom stereocenters. The first-order chi connectivity index (χ1) is 11.6. The first kappa shape index (κ1) is 17.5. The Labute approximate surface area is 153 Å². The first-order valence-electron chi connectivity index (χ1n) is 7.66. The summed E-state index contributed by atoms with van der Waals surface area (Å²) in [5.74, 6) is -0.147. The normalized spacial score (nSPS) is 20.8. The molecule has 1 saturated heterocycles. The van der Waals surface area contributed by atoms with Crippen LogP contribution in [0.5, 0.6) is 5.75 Å². The van der Waals surface area contributed by atoms with Crippen LogP contribution in [-0.2, 0) is 4.79 Å². The summed E-state index contributed by atoms with van der Waals surface area (Å²) < 4.78 is 0.783. The number of hydrogen-bond acceptors (Lipinski definition) is 6. The topological polar surface area (TPSA) is 76.4 Å². The summed E-state index contributed by atoms with van der Waals surface area (Å²) in [7, 11) is 0. The zero-order valence-electron chi connectivity index (χ0n) is 13.0. The maximum Gasteiger partial charge on any atom is 0.286 e. The number of benzene rings is 1. The fraction of sp³-hybridized carbons (Fsp3) is 0.375. The molecule has 0 spiro atoms. The van der Waals surface area contributed by atoms with Crippen LogP contribution in [0, 0.1) is 0 Å². The number of piperazine rings is 1. The van der Waals surface area contributed by atoms with E-state index in [0.29, 0.717) is 22.2 Å². The number of amides is 1. The molecule has 0 radical (unpaired) electrons. The van der Waals surface area contributed by atoms with Crippen LogP contribution in [0.2, 0.25) is 0 Å². The molecule has 24 heavy (non-hydrogen) atoms. The van der Waals surface area contributed by atoms with E-state index in [1.165, 1.54) is 11.8 Å². The van der Waals surface area contributed by atoms with Gasteiger partial charge >= 0.3 is 0 Å². The molecule has 2 aliphatic heterocycles. The van der Waals surface area contributed by atoms with Crippen LogP contribution in [0.3, 0.4) is 0 Å². The van der Waals surface area contributed by atoms with Crippen LogP contribution < -0.4 is 0 Å². The van der Waals surface area contributed by atoms with Crippen LogP contribution in [0.4, 0.5) is 0 Å². The number of hydrogen-bond donors (Lipinski definition) is 2. The van der Waals surface area contributed by atoms with E-state index < -0.39 is 0 Å². The zero-order valence-corrected chi connectivity index (χ0v) is 15.4. The molecule has 6 nitrogen and oxygen atoms in total. The standard InChI is InChI=1S/C16H18BrN3O3S/c17-12-2-1-11(13(22)10-12)9-14-15(23)18-16(24-14)20-5-3-19(4-6-20)7-8-21/h1-2,9-10,21-22H,3-8H2/b14-9-. The van der Waals surface area contributed by atoms with Gasteiger partial charge in [-0.25, -0.2) is 0 Å². The highest BCUT2D eigenvalue weighted by molar-refractivity contribution is 9.10. The number of phenolic OH excluding ortho intramolecular Hbond substituents is 1. The Kier molecular flexibility index (Phi) is 5.60. The fourth-order valence-corrected chi connectivity index (χ4v) is 3.92. The van der Waals surface area contributed by atoms with Crippen LogP contribution in [-0.4, -0.2) is 70.4 Å². The van der Waals surface area contributed by atoms with Gasteiger partial charge in [0.2, 0.25) is 0 Å². The second-order valence-electron chi connectivity index (χ2n) is 5.57. The van der Waals surface area contributed by atoms with Crippen molar-refractivity contribution in [3.63, 3.8) is 0 Å². The van der Waals surface area contributed by atoms with Gasteiger partial charge in [0.1, 0.15) is 5.75 Å². The molecule has 128 valence electrons. The number of β-amino-alcohol motifs (C(OH)–C–C–N with tert-alkyl or cyclic N) is 1. The minimum atomic E-state index is -0.268. The third kappa shape index (κ3) is 4.00. The summed E-state index contributed by atoms with van der Waals surface area (Å²) in [4.78, 5) is 21.1. The molecule has 0 aliphatic carbocycles. The highest BCUT2D eigenvalue weighted by Crippen LogP contribution is 2.33. The number of phenols is 1. The predicted octanol–water partition coefficient (Wildman–Crippen LogP) is 1.73. The minimum Gasteiger partial charge on any atom is -0.507 e. The Morgan fingerprint density at radius 3 is 2.71 bits per heavy atom. The average molecular weight is 412 g/mol. The molecule has 0 bridgehead atoms. The number of nitrogens with zero attached hydrogens (tertiary/aromatic N) is 3. The number of halogens is 1. The second-order valence-corrected chi connectivity index (χ2v) is 7.49. The number of thioether (sulfide) groups is 1. The van der Waals surface area contributed by atoms with Crippen molar-refractivity contribution in [3.05, 3.63) is 33.1 Å². The Balaban J connectivity index is 1.67. The smallest absolute Gasteiger partial charge is 0.286 e. The van der Waals surface area contributed by atoms with Crippen molar-refractivity contribution in [3.8, 4) is 5.75 Å². The third-order valence-electron chi connectivity index (χ3n) is 3.95. The SMILES string of the molecule is O=C1N=C(N2CCN(CCO)CC2)S/C1=C\c1ccc(Br)cc1O. The van der Waals surface area contributed by atoms with E-state index in [9.17, 15) is 9.90 Å². The molecule has 0 unspecified atom stereocenters.